The highest BCUT2D eigenvalue weighted by atomic mass is 17.2. The van der Waals surface area contributed by atoms with Gasteiger partial charge in [0.05, 0.1) is 0 Å². The fourth-order valence-corrected chi connectivity index (χ4v) is 1.38. The van der Waals surface area contributed by atoms with Crippen LogP contribution in [0.3, 0.4) is 0 Å². The van der Waals surface area contributed by atoms with Crippen LogP contribution in [0.1, 0.15) is 24.2 Å². The zero-order valence-corrected chi connectivity index (χ0v) is 12.0. The van der Waals surface area contributed by atoms with E-state index in [0.29, 0.717) is 11.3 Å². The van der Waals surface area contributed by atoms with Crippen molar-refractivity contribution >= 4 is 11.8 Å². The molecule has 6 nitrogen and oxygen atoms in total. The van der Waals surface area contributed by atoms with Crippen molar-refractivity contribution in [1.29, 1.82) is 0 Å². The molecule has 114 valence electrons. The van der Waals surface area contributed by atoms with Crippen LogP contribution in [0.2, 0.25) is 0 Å². The van der Waals surface area contributed by atoms with Gasteiger partial charge in [-0.25, -0.2) is 4.79 Å². The van der Waals surface area contributed by atoms with Gasteiger partial charge in [-0.2, -0.15) is 4.89 Å². The number of hydrogen-bond donors (Lipinski definition) is 1. The van der Waals surface area contributed by atoms with E-state index in [-0.39, 0.29) is 19.0 Å². The number of benzene rings is 1. The first kappa shape index (κ1) is 16.9. The minimum atomic E-state index is -1.41. The molecule has 0 aromatic heterocycles. The zero-order chi connectivity index (χ0) is 15.9. The number of rotatable bonds is 8. The van der Waals surface area contributed by atoms with Gasteiger partial charge in [0.1, 0.15) is 24.6 Å². The maximum absolute atomic E-state index is 11.8. The number of hydrogen-bond acceptors (Lipinski definition) is 6. The molecule has 0 aliphatic heterocycles. The Balaban J connectivity index is 2.40. The number of ketones is 1. The highest BCUT2D eigenvalue weighted by molar-refractivity contribution is 6.01. The lowest BCUT2D eigenvalue weighted by molar-refractivity contribution is -0.269. The third-order valence-corrected chi connectivity index (χ3v) is 2.42. The Kier molecular flexibility index (Phi) is 6.08. The second-order valence-corrected chi connectivity index (χ2v) is 4.69. The van der Waals surface area contributed by atoms with Gasteiger partial charge in [-0.1, -0.05) is 6.58 Å². The Bertz CT molecular complexity index is 498. The summed E-state index contributed by atoms with van der Waals surface area (Å²) in [7, 11) is 0. The fraction of sp³-hybridized carbons (Fsp3) is 0.333. The molecule has 21 heavy (non-hydrogen) atoms. The van der Waals surface area contributed by atoms with Crippen LogP contribution in [-0.4, -0.2) is 35.7 Å². The van der Waals surface area contributed by atoms with Crippen LogP contribution in [0, 0.1) is 0 Å². The van der Waals surface area contributed by atoms with Crippen molar-refractivity contribution in [1.82, 2.24) is 0 Å². The van der Waals surface area contributed by atoms with E-state index in [1.165, 1.54) is 13.8 Å². The SMILES string of the molecule is C=CC(=O)OOCCOc1ccc(C(=O)C(C)(C)O)cc1. The molecule has 0 amide bonds. The Hall–Kier alpha value is -2.18. The molecule has 1 aromatic rings. The van der Waals surface area contributed by atoms with Crippen molar-refractivity contribution in [2.24, 2.45) is 0 Å². The minimum Gasteiger partial charge on any atom is -0.491 e. The zero-order valence-electron chi connectivity index (χ0n) is 12.0. The molecule has 0 aliphatic carbocycles. The lowest BCUT2D eigenvalue weighted by Gasteiger charge is -2.15. The Morgan fingerprint density at radius 1 is 1.24 bits per heavy atom. The average molecular weight is 294 g/mol. The largest absolute Gasteiger partial charge is 0.491 e. The highest BCUT2D eigenvalue weighted by Crippen LogP contribution is 2.17. The van der Waals surface area contributed by atoms with Gasteiger partial charge in [-0.05, 0) is 38.1 Å². The fourth-order valence-electron chi connectivity index (χ4n) is 1.38. The summed E-state index contributed by atoms with van der Waals surface area (Å²) in [6.07, 6.45) is 0.985. The number of carbonyl (C=O) groups is 2. The minimum absolute atomic E-state index is 0.0595. The van der Waals surface area contributed by atoms with E-state index >= 15 is 0 Å². The van der Waals surface area contributed by atoms with Gasteiger partial charge in [0.25, 0.3) is 0 Å². The second kappa shape index (κ2) is 7.56. The third kappa shape index (κ3) is 5.76. The summed E-state index contributed by atoms with van der Waals surface area (Å²) in [5.74, 6) is -0.515. The van der Waals surface area contributed by atoms with Crippen LogP contribution in [0.5, 0.6) is 5.75 Å². The summed E-state index contributed by atoms with van der Waals surface area (Å²) in [6, 6.07) is 6.34. The first-order valence-corrected chi connectivity index (χ1v) is 6.30. The topological polar surface area (TPSA) is 82.1 Å². The van der Waals surface area contributed by atoms with Gasteiger partial charge >= 0.3 is 5.97 Å². The molecule has 0 heterocycles. The van der Waals surface area contributed by atoms with Gasteiger partial charge in [0, 0.05) is 11.6 Å². The van der Waals surface area contributed by atoms with Crippen LogP contribution in [0.15, 0.2) is 36.9 Å². The molecule has 0 fully saturated rings. The van der Waals surface area contributed by atoms with Gasteiger partial charge < -0.3 is 9.84 Å². The molecule has 0 aliphatic rings. The van der Waals surface area contributed by atoms with E-state index in [0.717, 1.165) is 6.08 Å². The average Bonchev–Trinajstić information content (AvgIpc) is 2.45. The van der Waals surface area contributed by atoms with Crippen LogP contribution in [0.25, 0.3) is 0 Å². The molecule has 0 saturated carbocycles. The van der Waals surface area contributed by atoms with Gasteiger partial charge in [0.15, 0.2) is 5.78 Å². The van der Waals surface area contributed by atoms with E-state index < -0.39 is 11.6 Å². The monoisotopic (exact) mass is 294 g/mol. The number of aliphatic hydroxyl groups is 1. The lowest BCUT2D eigenvalue weighted by Crippen LogP contribution is -2.30. The molecule has 6 heteroatoms. The smallest absolute Gasteiger partial charge is 0.365 e. The molecular formula is C15H18O6. The van der Waals surface area contributed by atoms with Crippen LogP contribution < -0.4 is 4.74 Å². The molecule has 0 spiro atoms. The maximum atomic E-state index is 11.8. The summed E-state index contributed by atoms with van der Waals surface area (Å²) < 4.78 is 5.33. The van der Waals surface area contributed by atoms with Crippen LogP contribution >= 0.6 is 0 Å². The standard InChI is InChI=1S/C15H18O6/c1-4-13(16)21-20-10-9-19-12-7-5-11(6-8-12)14(17)15(2,3)18/h4-8,18H,1,9-10H2,2-3H3. The van der Waals surface area contributed by atoms with Crippen molar-refractivity contribution in [3.8, 4) is 5.75 Å². The molecule has 0 unspecified atom stereocenters. The molecule has 0 bridgehead atoms. The van der Waals surface area contributed by atoms with Gasteiger partial charge in [-0.15, -0.1) is 0 Å². The molecule has 1 N–H and O–H groups in total. The van der Waals surface area contributed by atoms with Crippen molar-refractivity contribution < 1.29 is 29.2 Å². The quantitative estimate of drug-likeness (QED) is 0.258. The molecule has 1 rings (SSSR count). The summed E-state index contributed by atoms with van der Waals surface area (Å²) in [6.45, 7) is 6.31. The van der Waals surface area contributed by atoms with Crippen molar-refractivity contribution in [2.75, 3.05) is 13.2 Å². The second-order valence-electron chi connectivity index (χ2n) is 4.69. The molecular weight excluding hydrogens is 276 g/mol. The first-order chi connectivity index (χ1) is 9.84. The predicted molar refractivity (Wildman–Crippen MR) is 74.8 cm³/mol. The van der Waals surface area contributed by atoms with Crippen LogP contribution in [-0.2, 0) is 14.6 Å². The van der Waals surface area contributed by atoms with E-state index in [1.807, 2.05) is 0 Å². The summed E-state index contributed by atoms with van der Waals surface area (Å²) in [5.41, 5.74) is -1.02. The highest BCUT2D eigenvalue weighted by Gasteiger charge is 2.24. The third-order valence-electron chi connectivity index (χ3n) is 2.42. The summed E-state index contributed by atoms with van der Waals surface area (Å²) >= 11 is 0. The number of carbonyl (C=O) groups excluding carboxylic acids is 2. The van der Waals surface area contributed by atoms with Crippen molar-refractivity contribution in [2.45, 2.75) is 19.4 Å². The molecule has 0 radical (unpaired) electrons. The van der Waals surface area contributed by atoms with E-state index in [4.69, 9.17) is 4.74 Å². The van der Waals surface area contributed by atoms with E-state index in [2.05, 4.69) is 16.4 Å². The van der Waals surface area contributed by atoms with E-state index in [9.17, 15) is 14.7 Å². The summed E-state index contributed by atoms with van der Waals surface area (Å²) in [5, 5.41) is 9.63. The number of ether oxygens (including phenoxy) is 1. The Morgan fingerprint density at radius 3 is 2.38 bits per heavy atom. The Labute approximate surface area is 122 Å². The summed E-state index contributed by atoms with van der Waals surface area (Å²) in [4.78, 5) is 31.4. The first-order valence-electron chi connectivity index (χ1n) is 6.30. The predicted octanol–water partition coefficient (Wildman–Crippen LogP) is 1.68. The van der Waals surface area contributed by atoms with E-state index in [1.54, 1.807) is 24.3 Å². The van der Waals surface area contributed by atoms with Crippen molar-refractivity contribution in [3.05, 3.63) is 42.5 Å². The van der Waals surface area contributed by atoms with Crippen LogP contribution in [0.4, 0.5) is 0 Å². The lowest BCUT2D eigenvalue weighted by atomic mass is 9.97. The number of Topliss-reactive ketones (excluding diaryl/α,β-unsaturated/α-hetero) is 1. The molecule has 1 aromatic carbocycles. The molecule has 0 atom stereocenters. The van der Waals surface area contributed by atoms with Gasteiger partial charge in [-0.3, -0.25) is 9.68 Å². The van der Waals surface area contributed by atoms with Gasteiger partial charge in [0.2, 0.25) is 0 Å². The maximum Gasteiger partial charge on any atom is 0.365 e. The molecule has 0 saturated heterocycles. The van der Waals surface area contributed by atoms with Crippen molar-refractivity contribution in [3.63, 3.8) is 0 Å². The Morgan fingerprint density at radius 2 is 1.86 bits per heavy atom. The normalized spacial score (nSPS) is 10.8.